The molecule has 0 radical (unpaired) electrons. The summed E-state index contributed by atoms with van der Waals surface area (Å²) in [7, 11) is 0. The monoisotopic (exact) mass is 354 g/mol. The molecule has 5 heteroatoms. The van der Waals surface area contributed by atoms with Gasteiger partial charge in [0.25, 0.3) is 5.91 Å². The highest BCUT2D eigenvalue weighted by molar-refractivity contribution is 6.03. The van der Waals surface area contributed by atoms with Crippen molar-refractivity contribution < 1.29 is 4.79 Å². The van der Waals surface area contributed by atoms with E-state index in [4.69, 9.17) is 0 Å². The van der Waals surface area contributed by atoms with Gasteiger partial charge in [0, 0.05) is 25.0 Å². The molecule has 0 aliphatic heterocycles. The number of anilines is 2. The molecule has 0 saturated heterocycles. The van der Waals surface area contributed by atoms with E-state index in [0.717, 1.165) is 42.7 Å². The summed E-state index contributed by atoms with van der Waals surface area (Å²) in [5.41, 5.74) is 3.46. The highest BCUT2D eigenvalue weighted by Gasteiger charge is 2.16. The van der Waals surface area contributed by atoms with Crippen LogP contribution in [0.1, 0.15) is 68.1 Å². The standard InChI is InChI=1S/C21H30N4O/c1-6-13-25(14-7-2)21-22-12-11-18(23-21)20(26)24-19-16(5)9-8-10-17(19)15(3)4/h8-12,15H,6-7,13-14H2,1-5H3,(H,24,26). The average molecular weight is 354 g/mol. The van der Waals surface area contributed by atoms with Crippen LogP contribution in [0.25, 0.3) is 0 Å². The van der Waals surface area contributed by atoms with Gasteiger partial charge in [-0.25, -0.2) is 9.97 Å². The van der Waals surface area contributed by atoms with Crippen LogP contribution in [0.2, 0.25) is 0 Å². The van der Waals surface area contributed by atoms with Gasteiger partial charge in [-0.1, -0.05) is 45.9 Å². The molecule has 5 nitrogen and oxygen atoms in total. The van der Waals surface area contributed by atoms with Crippen LogP contribution in [0.5, 0.6) is 0 Å². The Morgan fingerprint density at radius 3 is 2.46 bits per heavy atom. The van der Waals surface area contributed by atoms with E-state index in [9.17, 15) is 4.79 Å². The highest BCUT2D eigenvalue weighted by Crippen LogP contribution is 2.27. The Hall–Kier alpha value is -2.43. The van der Waals surface area contributed by atoms with Crippen LogP contribution in [0, 0.1) is 6.92 Å². The lowest BCUT2D eigenvalue weighted by Crippen LogP contribution is -2.28. The third kappa shape index (κ3) is 4.81. The first-order valence-corrected chi connectivity index (χ1v) is 9.46. The number of aryl methyl sites for hydroxylation is 1. The van der Waals surface area contributed by atoms with Crippen LogP contribution in [0.3, 0.4) is 0 Å². The fourth-order valence-electron chi connectivity index (χ4n) is 3.00. The number of nitrogens with zero attached hydrogens (tertiary/aromatic N) is 3. The molecule has 2 aromatic rings. The van der Waals surface area contributed by atoms with Crippen molar-refractivity contribution >= 4 is 17.5 Å². The summed E-state index contributed by atoms with van der Waals surface area (Å²) in [6, 6.07) is 7.76. The van der Waals surface area contributed by atoms with E-state index in [2.05, 4.69) is 53.9 Å². The summed E-state index contributed by atoms with van der Waals surface area (Å²) in [5, 5.41) is 3.06. The number of hydrogen-bond donors (Lipinski definition) is 1. The van der Waals surface area contributed by atoms with Gasteiger partial charge in [-0.3, -0.25) is 4.79 Å². The molecule has 0 aliphatic rings. The SMILES string of the molecule is CCCN(CCC)c1nccc(C(=O)Nc2c(C)cccc2C(C)C)n1. The largest absolute Gasteiger partial charge is 0.341 e. The molecule has 2 rings (SSSR count). The first-order chi connectivity index (χ1) is 12.5. The predicted octanol–water partition coefficient (Wildman–Crippen LogP) is 4.79. The number of hydrogen-bond acceptors (Lipinski definition) is 4. The molecule has 1 aromatic heterocycles. The second kappa shape index (κ2) is 9.32. The Morgan fingerprint density at radius 2 is 1.85 bits per heavy atom. The number of nitrogens with one attached hydrogen (secondary N) is 1. The molecule has 0 fully saturated rings. The maximum atomic E-state index is 12.8. The molecular formula is C21H30N4O. The molecule has 0 atom stereocenters. The fourth-order valence-corrected chi connectivity index (χ4v) is 3.00. The molecule has 1 amide bonds. The van der Waals surface area contributed by atoms with Crippen LogP contribution in [0.4, 0.5) is 11.6 Å². The quantitative estimate of drug-likeness (QED) is 0.740. The zero-order valence-electron chi connectivity index (χ0n) is 16.5. The van der Waals surface area contributed by atoms with Gasteiger partial charge < -0.3 is 10.2 Å². The Morgan fingerprint density at radius 1 is 1.15 bits per heavy atom. The fraction of sp³-hybridized carbons (Fsp3) is 0.476. The van der Waals surface area contributed by atoms with Crippen molar-refractivity contribution in [2.24, 2.45) is 0 Å². The number of amides is 1. The summed E-state index contributed by atoms with van der Waals surface area (Å²) in [6.07, 6.45) is 3.69. The molecule has 0 spiro atoms. The van der Waals surface area contributed by atoms with E-state index in [1.54, 1.807) is 12.3 Å². The van der Waals surface area contributed by atoms with Gasteiger partial charge >= 0.3 is 0 Å². The second-order valence-electron chi connectivity index (χ2n) is 6.88. The number of aromatic nitrogens is 2. The zero-order valence-corrected chi connectivity index (χ0v) is 16.5. The van der Waals surface area contributed by atoms with Gasteiger partial charge in [-0.05, 0) is 42.9 Å². The Bertz CT molecular complexity index is 737. The number of carbonyl (C=O) groups is 1. The molecule has 0 unspecified atom stereocenters. The minimum Gasteiger partial charge on any atom is -0.341 e. The molecule has 1 N–H and O–H groups in total. The lowest BCUT2D eigenvalue weighted by Gasteiger charge is -2.21. The van der Waals surface area contributed by atoms with Gasteiger partial charge in [0.2, 0.25) is 5.95 Å². The lowest BCUT2D eigenvalue weighted by molar-refractivity contribution is 0.102. The smallest absolute Gasteiger partial charge is 0.274 e. The van der Waals surface area contributed by atoms with E-state index in [0.29, 0.717) is 17.6 Å². The van der Waals surface area contributed by atoms with Crippen LogP contribution >= 0.6 is 0 Å². The zero-order chi connectivity index (χ0) is 19.1. The number of rotatable bonds is 8. The summed E-state index contributed by atoms with van der Waals surface area (Å²) >= 11 is 0. The third-order valence-corrected chi connectivity index (χ3v) is 4.31. The summed E-state index contributed by atoms with van der Waals surface area (Å²) in [5.74, 6) is 0.753. The summed E-state index contributed by atoms with van der Waals surface area (Å²) < 4.78 is 0. The summed E-state index contributed by atoms with van der Waals surface area (Å²) in [4.78, 5) is 23.8. The van der Waals surface area contributed by atoms with Crippen LogP contribution in [-0.2, 0) is 0 Å². The van der Waals surface area contributed by atoms with Gasteiger partial charge in [-0.15, -0.1) is 0 Å². The Balaban J connectivity index is 2.27. The molecule has 1 heterocycles. The molecule has 0 saturated carbocycles. The van der Waals surface area contributed by atoms with Crippen LogP contribution < -0.4 is 10.2 Å². The summed E-state index contributed by atoms with van der Waals surface area (Å²) in [6.45, 7) is 12.3. The minimum atomic E-state index is -0.196. The van der Waals surface area contributed by atoms with E-state index >= 15 is 0 Å². The first-order valence-electron chi connectivity index (χ1n) is 9.46. The van der Waals surface area contributed by atoms with E-state index in [-0.39, 0.29) is 5.91 Å². The van der Waals surface area contributed by atoms with E-state index < -0.39 is 0 Å². The topological polar surface area (TPSA) is 58.1 Å². The molecule has 26 heavy (non-hydrogen) atoms. The molecule has 0 bridgehead atoms. The van der Waals surface area contributed by atoms with Crippen molar-refractivity contribution in [2.45, 2.75) is 53.4 Å². The minimum absolute atomic E-state index is 0.196. The van der Waals surface area contributed by atoms with Crippen molar-refractivity contribution in [1.82, 2.24) is 9.97 Å². The molecular weight excluding hydrogens is 324 g/mol. The number of benzene rings is 1. The lowest BCUT2D eigenvalue weighted by atomic mass is 9.98. The van der Waals surface area contributed by atoms with Gasteiger partial charge in [0.05, 0.1) is 0 Å². The van der Waals surface area contributed by atoms with Crippen molar-refractivity contribution in [3.8, 4) is 0 Å². The maximum Gasteiger partial charge on any atom is 0.274 e. The molecule has 140 valence electrons. The van der Waals surface area contributed by atoms with Crippen molar-refractivity contribution in [3.63, 3.8) is 0 Å². The van der Waals surface area contributed by atoms with E-state index in [1.807, 2.05) is 19.1 Å². The van der Waals surface area contributed by atoms with Crippen molar-refractivity contribution in [2.75, 3.05) is 23.3 Å². The normalized spacial score (nSPS) is 10.8. The number of carbonyl (C=O) groups excluding carboxylic acids is 1. The van der Waals surface area contributed by atoms with Crippen LogP contribution in [0.15, 0.2) is 30.5 Å². The number of para-hydroxylation sites is 1. The Labute approximate surface area is 156 Å². The first kappa shape index (κ1) is 19.9. The molecule has 0 aliphatic carbocycles. The van der Waals surface area contributed by atoms with Gasteiger partial charge in [-0.2, -0.15) is 0 Å². The van der Waals surface area contributed by atoms with Crippen molar-refractivity contribution in [1.29, 1.82) is 0 Å². The van der Waals surface area contributed by atoms with Gasteiger partial charge in [0.15, 0.2) is 0 Å². The van der Waals surface area contributed by atoms with Crippen LogP contribution in [-0.4, -0.2) is 29.0 Å². The second-order valence-corrected chi connectivity index (χ2v) is 6.88. The van der Waals surface area contributed by atoms with Crippen molar-refractivity contribution in [3.05, 3.63) is 47.3 Å². The molecule has 1 aromatic carbocycles. The van der Waals surface area contributed by atoms with E-state index in [1.165, 1.54) is 0 Å². The average Bonchev–Trinajstić information content (AvgIpc) is 2.63. The highest BCUT2D eigenvalue weighted by atomic mass is 16.1. The van der Waals surface area contributed by atoms with Gasteiger partial charge in [0.1, 0.15) is 5.69 Å². The third-order valence-electron chi connectivity index (χ3n) is 4.31. The Kier molecular flexibility index (Phi) is 7.13. The maximum absolute atomic E-state index is 12.8. The predicted molar refractivity (Wildman–Crippen MR) is 108 cm³/mol.